The zero-order chi connectivity index (χ0) is 14.5. The van der Waals surface area contributed by atoms with Crippen molar-refractivity contribution < 1.29 is 4.79 Å². The molecule has 1 aromatic rings. The van der Waals surface area contributed by atoms with E-state index in [1.807, 2.05) is 4.90 Å². The van der Waals surface area contributed by atoms with Gasteiger partial charge >= 0.3 is 0 Å². The van der Waals surface area contributed by atoms with Gasteiger partial charge < -0.3 is 9.47 Å². The summed E-state index contributed by atoms with van der Waals surface area (Å²) >= 11 is 3.35. The molecule has 20 heavy (non-hydrogen) atoms. The molecule has 110 valence electrons. The maximum Gasteiger partial charge on any atom is 0.250 e. The van der Waals surface area contributed by atoms with Gasteiger partial charge in [-0.1, -0.05) is 6.92 Å². The monoisotopic (exact) mass is 340 g/mol. The Bertz CT molecular complexity index is 527. The van der Waals surface area contributed by atoms with E-state index >= 15 is 0 Å². The van der Waals surface area contributed by atoms with Crippen LogP contribution in [0.25, 0.3) is 0 Å². The first-order chi connectivity index (χ1) is 9.61. The lowest BCUT2D eigenvalue weighted by molar-refractivity contribution is -0.135. The van der Waals surface area contributed by atoms with E-state index in [9.17, 15) is 9.59 Å². The zero-order valence-corrected chi connectivity index (χ0v) is 13.4. The van der Waals surface area contributed by atoms with Crippen molar-refractivity contribution in [3.63, 3.8) is 0 Å². The van der Waals surface area contributed by atoms with E-state index in [0.29, 0.717) is 19.0 Å². The molecule has 0 aliphatic carbocycles. The van der Waals surface area contributed by atoms with Crippen molar-refractivity contribution in [1.29, 1.82) is 0 Å². The van der Waals surface area contributed by atoms with Crippen molar-refractivity contribution >= 4 is 21.8 Å². The van der Waals surface area contributed by atoms with E-state index < -0.39 is 0 Å². The molecular weight excluding hydrogens is 320 g/mol. The van der Waals surface area contributed by atoms with E-state index in [-0.39, 0.29) is 11.5 Å². The van der Waals surface area contributed by atoms with Gasteiger partial charge in [0.15, 0.2) is 0 Å². The van der Waals surface area contributed by atoms with E-state index in [2.05, 4.69) is 22.9 Å². The van der Waals surface area contributed by atoms with Gasteiger partial charge in [-0.3, -0.25) is 9.59 Å². The van der Waals surface area contributed by atoms with Crippen LogP contribution in [-0.2, 0) is 11.3 Å². The molecule has 5 heteroatoms. The quantitative estimate of drug-likeness (QED) is 0.845. The molecule has 0 saturated carbocycles. The number of halogens is 1. The summed E-state index contributed by atoms with van der Waals surface area (Å²) in [6.45, 7) is 3.45. The third-order valence-corrected chi connectivity index (χ3v) is 4.40. The van der Waals surface area contributed by atoms with Gasteiger partial charge in [-0.15, -0.1) is 0 Å². The molecule has 2 heterocycles. The van der Waals surface area contributed by atoms with Crippen molar-refractivity contribution in [2.24, 2.45) is 0 Å². The third-order valence-electron chi connectivity index (χ3n) is 3.93. The van der Waals surface area contributed by atoms with Crippen molar-refractivity contribution in [3.05, 3.63) is 33.2 Å². The second-order valence-corrected chi connectivity index (χ2v) is 6.19. The number of rotatable bonds is 4. The van der Waals surface area contributed by atoms with Crippen LogP contribution in [0.2, 0.25) is 0 Å². The van der Waals surface area contributed by atoms with Crippen LogP contribution in [0.3, 0.4) is 0 Å². The normalized spacial score (nSPS) is 19.1. The number of aryl methyl sites for hydroxylation is 1. The predicted molar refractivity (Wildman–Crippen MR) is 82.7 cm³/mol. The zero-order valence-electron chi connectivity index (χ0n) is 11.8. The molecule has 0 radical (unpaired) electrons. The van der Waals surface area contributed by atoms with Gasteiger partial charge in [-0.25, -0.2) is 0 Å². The van der Waals surface area contributed by atoms with Crippen LogP contribution < -0.4 is 5.56 Å². The maximum atomic E-state index is 12.3. The van der Waals surface area contributed by atoms with Crippen LogP contribution in [-0.4, -0.2) is 28.0 Å². The van der Waals surface area contributed by atoms with Crippen LogP contribution in [0.5, 0.6) is 0 Å². The Morgan fingerprint density at radius 2 is 2.20 bits per heavy atom. The summed E-state index contributed by atoms with van der Waals surface area (Å²) in [7, 11) is 0. The number of carbonyl (C=O) groups is 1. The van der Waals surface area contributed by atoms with Gasteiger partial charge in [0.25, 0.3) is 5.56 Å². The molecule has 1 aliphatic rings. The van der Waals surface area contributed by atoms with Crippen molar-refractivity contribution in [2.75, 3.05) is 6.54 Å². The fourth-order valence-electron chi connectivity index (χ4n) is 2.79. The molecule has 1 atom stereocenters. The van der Waals surface area contributed by atoms with Crippen LogP contribution in [0.4, 0.5) is 0 Å². The Kier molecular flexibility index (Phi) is 5.40. The Labute approximate surface area is 127 Å². The smallest absolute Gasteiger partial charge is 0.250 e. The first-order valence-electron chi connectivity index (χ1n) is 7.27. The molecule has 1 saturated heterocycles. The molecular formula is C15H21BrN2O2. The molecule has 4 nitrogen and oxygen atoms in total. The highest BCUT2D eigenvalue weighted by Crippen LogP contribution is 2.20. The topological polar surface area (TPSA) is 42.3 Å². The first kappa shape index (κ1) is 15.3. The lowest BCUT2D eigenvalue weighted by atomic mass is 9.99. The van der Waals surface area contributed by atoms with Gasteiger partial charge in [0.1, 0.15) is 0 Å². The minimum absolute atomic E-state index is 0.0633. The number of carbonyl (C=O) groups excluding carboxylic acids is 1. The second-order valence-electron chi connectivity index (χ2n) is 5.27. The van der Waals surface area contributed by atoms with Crippen molar-refractivity contribution in [2.45, 2.75) is 51.6 Å². The molecule has 0 N–H and O–H groups in total. The van der Waals surface area contributed by atoms with Gasteiger partial charge in [0.2, 0.25) is 5.91 Å². The SMILES string of the molecule is CCC1CCCCN1C(=O)CCn1cc(Br)ccc1=O. The number of piperidine rings is 1. The Morgan fingerprint density at radius 3 is 2.95 bits per heavy atom. The van der Waals surface area contributed by atoms with Gasteiger partial charge in [-0.05, 0) is 47.7 Å². The number of nitrogens with zero attached hydrogens (tertiary/aromatic N) is 2. The summed E-state index contributed by atoms with van der Waals surface area (Å²) in [6.07, 6.45) is 6.57. The average Bonchev–Trinajstić information content (AvgIpc) is 2.47. The molecule has 1 fully saturated rings. The van der Waals surface area contributed by atoms with Crippen LogP contribution in [0.15, 0.2) is 27.6 Å². The standard InChI is InChI=1S/C15H21BrN2O2/c1-2-13-5-3-4-9-18(13)15(20)8-10-17-11-12(16)6-7-14(17)19/h6-7,11,13H,2-5,8-10H2,1H3. The highest BCUT2D eigenvalue weighted by molar-refractivity contribution is 9.10. The molecule has 1 aromatic heterocycles. The van der Waals surface area contributed by atoms with Crippen LogP contribution in [0.1, 0.15) is 39.0 Å². The molecule has 1 amide bonds. The van der Waals surface area contributed by atoms with Gasteiger partial charge in [-0.2, -0.15) is 0 Å². The average molecular weight is 341 g/mol. The van der Waals surface area contributed by atoms with E-state index in [1.54, 1.807) is 16.8 Å². The Hall–Kier alpha value is -1.10. The Balaban J connectivity index is 1.97. The van der Waals surface area contributed by atoms with Crippen molar-refractivity contribution in [3.8, 4) is 0 Å². The number of pyridine rings is 1. The highest BCUT2D eigenvalue weighted by Gasteiger charge is 2.24. The molecule has 1 aliphatic heterocycles. The minimum atomic E-state index is -0.0633. The first-order valence-corrected chi connectivity index (χ1v) is 8.06. The summed E-state index contributed by atoms with van der Waals surface area (Å²) in [5.41, 5.74) is -0.0633. The van der Waals surface area contributed by atoms with Crippen LogP contribution in [0, 0.1) is 0 Å². The lowest BCUT2D eigenvalue weighted by Gasteiger charge is -2.35. The molecule has 2 rings (SSSR count). The largest absolute Gasteiger partial charge is 0.340 e. The molecule has 0 aromatic carbocycles. The van der Waals surface area contributed by atoms with Gasteiger partial charge in [0, 0.05) is 42.3 Å². The minimum Gasteiger partial charge on any atom is -0.340 e. The summed E-state index contributed by atoms with van der Waals surface area (Å²) in [4.78, 5) is 26.0. The fraction of sp³-hybridized carbons (Fsp3) is 0.600. The molecule has 0 bridgehead atoms. The second kappa shape index (κ2) is 7.07. The van der Waals surface area contributed by atoms with Gasteiger partial charge in [0.05, 0.1) is 0 Å². The third kappa shape index (κ3) is 3.72. The predicted octanol–water partition coefficient (Wildman–Crippen LogP) is 2.79. The summed E-state index contributed by atoms with van der Waals surface area (Å²) in [5.74, 6) is 0.170. The number of amides is 1. The fourth-order valence-corrected chi connectivity index (χ4v) is 3.17. The maximum absolute atomic E-state index is 12.3. The Morgan fingerprint density at radius 1 is 1.40 bits per heavy atom. The van der Waals surface area contributed by atoms with E-state index in [0.717, 1.165) is 30.3 Å². The summed E-state index contributed by atoms with van der Waals surface area (Å²) < 4.78 is 2.45. The van der Waals surface area contributed by atoms with Crippen molar-refractivity contribution in [1.82, 2.24) is 9.47 Å². The molecule has 0 spiro atoms. The van der Waals surface area contributed by atoms with E-state index in [1.165, 1.54) is 12.5 Å². The number of aromatic nitrogens is 1. The molecule has 1 unspecified atom stereocenters. The number of hydrogen-bond donors (Lipinski definition) is 0. The summed E-state index contributed by atoms with van der Waals surface area (Å²) in [6, 6.07) is 3.62. The summed E-state index contributed by atoms with van der Waals surface area (Å²) in [5, 5.41) is 0. The van der Waals surface area contributed by atoms with Crippen LogP contribution >= 0.6 is 15.9 Å². The van der Waals surface area contributed by atoms with E-state index in [4.69, 9.17) is 0 Å². The number of hydrogen-bond acceptors (Lipinski definition) is 2. The lowest BCUT2D eigenvalue weighted by Crippen LogP contribution is -2.43. The number of likely N-dealkylation sites (tertiary alicyclic amines) is 1. The highest BCUT2D eigenvalue weighted by atomic mass is 79.9.